The molecule has 1 aromatic heterocycles. The molecule has 2 aromatic rings. The Hall–Kier alpha value is -2.05. The minimum absolute atomic E-state index is 0.00142. The minimum Gasteiger partial charge on any atom is -0.392 e. The summed E-state index contributed by atoms with van der Waals surface area (Å²) in [5.41, 5.74) is 2.22. The van der Waals surface area contributed by atoms with Gasteiger partial charge in [-0.1, -0.05) is 17.7 Å². The van der Waals surface area contributed by atoms with Crippen molar-refractivity contribution < 1.29 is 9.90 Å². The highest BCUT2D eigenvalue weighted by Gasteiger charge is 2.33. The number of rotatable bonds is 4. The largest absolute Gasteiger partial charge is 0.392 e. The zero-order valence-electron chi connectivity index (χ0n) is 12.2. The Morgan fingerprint density at radius 1 is 1.50 bits per heavy atom. The number of aryl methyl sites for hydroxylation is 1. The van der Waals surface area contributed by atoms with Crippen molar-refractivity contribution in [3.05, 3.63) is 41.2 Å². The van der Waals surface area contributed by atoms with Crippen molar-refractivity contribution in [2.24, 2.45) is 7.05 Å². The second-order valence-corrected chi connectivity index (χ2v) is 5.73. The number of aliphatic hydroxyl groups is 1. The van der Waals surface area contributed by atoms with Crippen LogP contribution in [0.3, 0.4) is 0 Å². The average molecular weight is 321 g/mol. The number of hydrogen-bond acceptors (Lipinski definition) is 4. The molecule has 7 heteroatoms. The van der Waals surface area contributed by atoms with E-state index in [2.05, 4.69) is 10.4 Å². The summed E-state index contributed by atoms with van der Waals surface area (Å²) in [6, 6.07) is 4.91. The molecule has 1 aliphatic rings. The molecule has 0 bridgehead atoms. The van der Waals surface area contributed by atoms with Crippen molar-refractivity contribution in [3.63, 3.8) is 0 Å². The van der Waals surface area contributed by atoms with Crippen molar-refractivity contribution in [1.82, 2.24) is 9.78 Å². The van der Waals surface area contributed by atoms with Gasteiger partial charge in [-0.25, -0.2) is 0 Å². The maximum absolute atomic E-state index is 12.5. The van der Waals surface area contributed by atoms with Gasteiger partial charge in [-0.05, 0) is 24.1 Å². The van der Waals surface area contributed by atoms with Gasteiger partial charge in [-0.2, -0.15) is 5.10 Å². The molecular formula is C15H17ClN4O2. The number of aliphatic hydroxyl groups excluding tert-OH is 1. The van der Waals surface area contributed by atoms with E-state index in [1.807, 2.05) is 13.2 Å². The van der Waals surface area contributed by atoms with Gasteiger partial charge < -0.3 is 15.3 Å². The van der Waals surface area contributed by atoms with Crippen LogP contribution in [0.1, 0.15) is 12.0 Å². The van der Waals surface area contributed by atoms with Crippen molar-refractivity contribution in [1.29, 1.82) is 0 Å². The van der Waals surface area contributed by atoms with E-state index in [0.29, 0.717) is 23.7 Å². The van der Waals surface area contributed by atoms with Gasteiger partial charge in [-0.3, -0.25) is 9.48 Å². The lowest BCUT2D eigenvalue weighted by molar-refractivity contribution is -0.117. The highest BCUT2D eigenvalue weighted by Crippen LogP contribution is 2.27. The quantitative estimate of drug-likeness (QED) is 0.901. The fraction of sp³-hybridized carbons (Fsp3) is 0.333. The molecule has 2 N–H and O–H groups in total. The molecule has 1 aromatic carbocycles. The Bertz CT molecular complexity index is 701. The van der Waals surface area contributed by atoms with Crippen molar-refractivity contribution in [3.8, 4) is 0 Å². The van der Waals surface area contributed by atoms with Crippen LogP contribution in [0.25, 0.3) is 0 Å². The van der Waals surface area contributed by atoms with E-state index in [1.54, 1.807) is 34.0 Å². The molecular weight excluding hydrogens is 304 g/mol. The topological polar surface area (TPSA) is 70.4 Å². The van der Waals surface area contributed by atoms with Crippen LogP contribution in [0.15, 0.2) is 30.6 Å². The third-order valence-electron chi connectivity index (χ3n) is 3.75. The molecule has 2 heterocycles. The molecule has 1 atom stereocenters. The number of anilines is 2. The zero-order chi connectivity index (χ0) is 15.7. The first-order valence-corrected chi connectivity index (χ1v) is 7.42. The van der Waals surface area contributed by atoms with Gasteiger partial charge in [0.1, 0.15) is 6.04 Å². The lowest BCUT2D eigenvalue weighted by Crippen LogP contribution is -2.33. The molecule has 1 aliphatic heterocycles. The van der Waals surface area contributed by atoms with Gasteiger partial charge in [0.05, 0.1) is 29.2 Å². The number of halogens is 1. The van der Waals surface area contributed by atoms with Crippen molar-refractivity contribution in [2.45, 2.75) is 19.1 Å². The molecule has 0 spiro atoms. The van der Waals surface area contributed by atoms with Crippen LogP contribution in [-0.2, 0) is 18.4 Å². The summed E-state index contributed by atoms with van der Waals surface area (Å²) in [4.78, 5) is 14.2. The lowest BCUT2D eigenvalue weighted by Gasteiger charge is -2.17. The number of benzene rings is 1. The Balaban J connectivity index is 1.76. The van der Waals surface area contributed by atoms with Crippen LogP contribution in [0.2, 0.25) is 5.02 Å². The molecule has 0 saturated carbocycles. The number of carbonyl (C=O) groups excluding carboxylic acids is 1. The van der Waals surface area contributed by atoms with E-state index in [0.717, 1.165) is 11.3 Å². The van der Waals surface area contributed by atoms with Crippen LogP contribution in [0.4, 0.5) is 11.4 Å². The molecule has 22 heavy (non-hydrogen) atoms. The predicted octanol–water partition coefficient (Wildman–Crippen LogP) is 1.78. The molecule has 6 nitrogen and oxygen atoms in total. The molecule has 0 aliphatic carbocycles. The number of nitrogens with zero attached hydrogens (tertiary/aromatic N) is 3. The maximum atomic E-state index is 12.5. The van der Waals surface area contributed by atoms with Crippen LogP contribution in [0.5, 0.6) is 0 Å². The Morgan fingerprint density at radius 3 is 3.00 bits per heavy atom. The first-order valence-electron chi connectivity index (χ1n) is 7.04. The van der Waals surface area contributed by atoms with Gasteiger partial charge in [0.15, 0.2) is 0 Å². The highest BCUT2D eigenvalue weighted by molar-refractivity contribution is 6.33. The van der Waals surface area contributed by atoms with E-state index in [-0.39, 0.29) is 18.6 Å². The lowest BCUT2D eigenvalue weighted by atomic mass is 10.2. The third kappa shape index (κ3) is 2.80. The van der Waals surface area contributed by atoms with Crippen LogP contribution in [-0.4, -0.2) is 33.4 Å². The van der Waals surface area contributed by atoms with Gasteiger partial charge in [0.25, 0.3) is 0 Å². The number of hydrogen-bond donors (Lipinski definition) is 2. The molecule has 0 unspecified atom stereocenters. The second kappa shape index (κ2) is 5.98. The summed E-state index contributed by atoms with van der Waals surface area (Å²) in [6.07, 6.45) is 4.19. The van der Waals surface area contributed by atoms with E-state index >= 15 is 0 Å². The van der Waals surface area contributed by atoms with E-state index < -0.39 is 0 Å². The summed E-state index contributed by atoms with van der Waals surface area (Å²) in [5.74, 6) is -0.00142. The molecule has 1 amide bonds. The number of carbonyl (C=O) groups is 1. The molecule has 1 saturated heterocycles. The number of amides is 1. The van der Waals surface area contributed by atoms with Crippen LogP contribution >= 0.6 is 11.6 Å². The average Bonchev–Trinajstić information content (AvgIpc) is 3.08. The second-order valence-electron chi connectivity index (χ2n) is 5.32. The number of nitrogens with one attached hydrogen (secondary N) is 1. The first kappa shape index (κ1) is 14.9. The fourth-order valence-electron chi connectivity index (χ4n) is 2.59. The first-order chi connectivity index (χ1) is 10.6. The minimum atomic E-state index is -0.327. The summed E-state index contributed by atoms with van der Waals surface area (Å²) in [7, 11) is 1.82. The standard InChI is InChI=1S/C15H17ClN4O2/c1-19-8-11(7-17-19)20-5-4-13(15(20)22)18-14-6-10(9-21)2-3-12(14)16/h2-3,6-8,13,18,21H,4-5,9H2,1H3/t13-/m0/s1. The van der Waals surface area contributed by atoms with Gasteiger partial charge in [0.2, 0.25) is 5.91 Å². The number of aromatic nitrogens is 2. The maximum Gasteiger partial charge on any atom is 0.249 e. The van der Waals surface area contributed by atoms with E-state index in [9.17, 15) is 9.90 Å². The smallest absolute Gasteiger partial charge is 0.249 e. The predicted molar refractivity (Wildman–Crippen MR) is 85.0 cm³/mol. The van der Waals surface area contributed by atoms with Crippen molar-refractivity contribution in [2.75, 3.05) is 16.8 Å². The fourth-order valence-corrected chi connectivity index (χ4v) is 2.76. The van der Waals surface area contributed by atoms with Gasteiger partial charge >= 0.3 is 0 Å². The van der Waals surface area contributed by atoms with E-state index in [4.69, 9.17) is 11.6 Å². The van der Waals surface area contributed by atoms with Gasteiger partial charge in [-0.15, -0.1) is 0 Å². The molecule has 3 rings (SSSR count). The Morgan fingerprint density at radius 2 is 2.32 bits per heavy atom. The molecule has 0 radical (unpaired) electrons. The monoisotopic (exact) mass is 320 g/mol. The summed E-state index contributed by atoms with van der Waals surface area (Å²) in [5, 5.41) is 17.0. The van der Waals surface area contributed by atoms with Crippen LogP contribution < -0.4 is 10.2 Å². The highest BCUT2D eigenvalue weighted by atomic mass is 35.5. The zero-order valence-corrected chi connectivity index (χ0v) is 12.9. The summed E-state index contributed by atoms with van der Waals surface area (Å²) >= 11 is 6.15. The normalized spacial score (nSPS) is 18.0. The third-order valence-corrected chi connectivity index (χ3v) is 4.08. The SMILES string of the molecule is Cn1cc(N2CC[C@H](Nc3cc(CO)ccc3Cl)C2=O)cn1. The van der Waals surface area contributed by atoms with Crippen molar-refractivity contribution >= 4 is 28.9 Å². The summed E-state index contributed by atoms with van der Waals surface area (Å²) < 4.78 is 1.67. The van der Waals surface area contributed by atoms with Crippen LogP contribution in [0, 0.1) is 0 Å². The summed E-state index contributed by atoms with van der Waals surface area (Å²) in [6.45, 7) is 0.575. The molecule has 1 fully saturated rings. The van der Waals surface area contributed by atoms with E-state index in [1.165, 1.54) is 0 Å². The molecule has 116 valence electrons. The van der Waals surface area contributed by atoms with Gasteiger partial charge in [0, 0.05) is 19.8 Å². The Labute approximate surface area is 133 Å². The Kier molecular flexibility index (Phi) is 4.04.